The van der Waals surface area contributed by atoms with E-state index >= 15 is 0 Å². The van der Waals surface area contributed by atoms with Crippen LogP contribution < -0.4 is 0 Å². The second-order valence-electron chi connectivity index (χ2n) is 3.86. The molecule has 0 aliphatic heterocycles. The second-order valence-corrected chi connectivity index (χ2v) is 3.86. The average Bonchev–Trinajstić information content (AvgIpc) is 2.75. The summed E-state index contributed by atoms with van der Waals surface area (Å²) >= 11 is 0. The molecule has 0 radical (unpaired) electrons. The molecule has 0 spiro atoms. The van der Waals surface area contributed by atoms with Gasteiger partial charge in [0.25, 0.3) is 5.91 Å². The largest absolute Gasteiger partial charge is 0.333 e. The SMILES string of the molecule is Cc1nc(CN(C)C(=O)c2ccc(F)cn2)n[nH]1. The molecule has 0 atom stereocenters. The van der Waals surface area contributed by atoms with Crippen molar-refractivity contribution in [3.63, 3.8) is 0 Å². The van der Waals surface area contributed by atoms with Crippen molar-refractivity contribution in [1.82, 2.24) is 25.1 Å². The van der Waals surface area contributed by atoms with E-state index in [4.69, 9.17) is 0 Å². The van der Waals surface area contributed by atoms with Gasteiger partial charge in [0.1, 0.15) is 17.3 Å². The van der Waals surface area contributed by atoms with Gasteiger partial charge in [0.05, 0.1) is 12.7 Å². The molecule has 1 amide bonds. The Labute approximate surface area is 103 Å². The molecule has 0 fully saturated rings. The number of rotatable bonds is 3. The van der Waals surface area contributed by atoms with Gasteiger partial charge in [0, 0.05) is 7.05 Å². The first-order chi connectivity index (χ1) is 8.56. The molecule has 2 aromatic rings. The maximum Gasteiger partial charge on any atom is 0.272 e. The summed E-state index contributed by atoms with van der Waals surface area (Å²) in [5.74, 6) is 0.424. The number of nitrogens with one attached hydrogen (secondary N) is 1. The molecule has 18 heavy (non-hydrogen) atoms. The van der Waals surface area contributed by atoms with Crippen molar-refractivity contribution in [3.05, 3.63) is 41.5 Å². The lowest BCUT2D eigenvalue weighted by Gasteiger charge is -2.14. The monoisotopic (exact) mass is 249 g/mol. The quantitative estimate of drug-likeness (QED) is 0.877. The van der Waals surface area contributed by atoms with E-state index in [2.05, 4.69) is 20.2 Å². The summed E-state index contributed by atoms with van der Waals surface area (Å²) in [6.07, 6.45) is 1.01. The third-order valence-corrected chi connectivity index (χ3v) is 2.32. The summed E-state index contributed by atoms with van der Waals surface area (Å²) < 4.78 is 12.7. The maximum absolute atomic E-state index is 12.7. The topological polar surface area (TPSA) is 74.8 Å². The highest BCUT2D eigenvalue weighted by Gasteiger charge is 2.15. The lowest BCUT2D eigenvalue weighted by atomic mass is 10.3. The summed E-state index contributed by atoms with van der Waals surface area (Å²) in [6.45, 7) is 2.04. The zero-order chi connectivity index (χ0) is 13.1. The number of aryl methyl sites for hydroxylation is 1. The minimum Gasteiger partial charge on any atom is -0.333 e. The van der Waals surface area contributed by atoms with Crippen molar-refractivity contribution in [2.24, 2.45) is 0 Å². The molecule has 1 N–H and O–H groups in total. The van der Waals surface area contributed by atoms with Gasteiger partial charge in [-0.15, -0.1) is 0 Å². The van der Waals surface area contributed by atoms with Crippen LogP contribution in [0.1, 0.15) is 22.1 Å². The van der Waals surface area contributed by atoms with Crippen molar-refractivity contribution in [1.29, 1.82) is 0 Å². The molecule has 2 rings (SSSR count). The van der Waals surface area contributed by atoms with Gasteiger partial charge in [-0.3, -0.25) is 9.89 Å². The van der Waals surface area contributed by atoms with Gasteiger partial charge in [-0.1, -0.05) is 0 Å². The van der Waals surface area contributed by atoms with Crippen LogP contribution in [0, 0.1) is 12.7 Å². The van der Waals surface area contributed by atoms with Crippen LogP contribution in [0.15, 0.2) is 18.3 Å². The fourth-order valence-corrected chi connectivity index (χ4v) is 1.44. The first-order valence-electron chi connectivity index (χ1n) is 5.31. The number of amides is 1. The van der Waals surface area contributed by atoms with Gasteiger partial charge in [-0.25, -0.2) is 14.4 Å². The van der Waals surface area contributed by atoms with Crippen LogP contribution in [0.5, 0.6) is 0 Å². The molecule has 0 unspecified atom stereocenters. The Kier molecular flexibility index (Phi) is 3.31. The predicted molar refractivity (Wildman–Crippen MR) is 61.1 cm³/mol. The second kappa shape index (κ2) is 4.91. The van der Waals surface area contributed by atoms with E-state index in [0.29, 0.717) is 11.6 Å². The number of nitrogens with zero attached hydrogens (tertiary/aromatic N) is 4. The number of carbonyl (C=O) groups is 1. The highest BCUT2D eigenvalue weighted by molar-refractivity contribution is 5.91. The van der Waals surface area contributed by atoms with Crippen molar-refractivity contribution < 1.29 is 9.18 Å². The lowest BCUT2D eigenvalue weighted by molar-refractivity contribution is 0.0775. The Bertz CT molecular complexity index is 551. The van der Waals surface area contributed by atoms with E-state index in [9.17, 15) is 9.18 Å². The fourth-order valence-electron chi connectivity index (χ4n) is 1.44. The van der Waals surface area contributed by atoms with E-state index in [1.807, 2.05) is 0 Å². The molecular formula is C11H12FN5O. The Morgan fingerprint density at radius 3 is 2.83 bits per heavy atom. The normalized spacial score (nSPS) is 10.4. The van der Waals surface area contributed by atoms with Crippen LogP contribution in [0.3, 0.4) is 0 Å². The van der Waals surface area contributed by atoms with Crippen molar-refractivity contribution >= 4 is 5.91 Å². The van der Waals surface area contributed by atoms with Crippen LogP contribution in [0.25, 0.3) is 0 Å². The highest BCUT2D eigenvalue weighted by Crippen LogP contribution is 2.04. The number of aromatic amines is 1. The number of H-pyrrole nitrogens is 1. The maximum atomic E-state index is 12.7. The Morgan fingerprint density at radius 2 is 2.28 bits per heavy atom. The molecule has 2 aromatic heterocycles. The summed E-state index contributed by atoms with van der Waals surface area (Å²) in [7, 11) is 1.61. The third kappa shape index (κ3) is 2.68. The first kappa shape index (κ1) is 12.2. The van der Waals surface area contributed by atoms with Crippen molar-refractivity contribution in [2.75, 3.05) is 7.05 Å². The van der Waals surface area contributed by atoms with Gasteiger partial charge >= 0.3 is 0 Å². The molecule has 2 heterocycles. The molecular weight excluding hydrogens is 237 g/mol. The number of halogens is 1. The van der Waals surface area contributed by atoms with Gasteiger partial charge < -0.3 is 4.90 Å². The molecule has 7 heteroatoms. The number of pyridine rings is 1. The molecule has 0 aliphatic carbocycles. The highest BCUT2D eigenvalue weighted by atomic mass is 19.1. The molecule has 0 saturated heterocycles. The van der Waals surface area contributed by atoms with Crippen LogP contribution in [0.2, 0.25) is 0 Å². The molecule has 0 aliphatic rings. The van der Waals surface area contributed by atoms with E-state index in [1.165, 1.54) is 17.0 Å². The van der Waals surface area contributed by atoms with Crippen LogP contribution >= 0.6 is 0 Å². The lowest BCUT2D eigenvalue weighted by Crippen LogP contribution is -2.27. The number of aromatic nitrogens is 4. The predicted octanol–water partition coefficient (Wildman–Crippen LogP) is 0.919. The number of hydrogen-bond donors (Lipinski definition) is 1. The van der Waals surface area contributed by atoms with Crippen LogP contribution in [-0.4, -0.2) is 38.0 Å². The minimum absolute atomic E-state index is 0.186. The Morgan fingerprint density at radius 1 is 1.50 bits per heavy atom. The van der Waals surface area contributed by atoms with Gasteiger partial charge in [-0.05, 0) is 19.1 Å². The first-order valence-corrected chi connectivity index (χ1v) is 5.31. The third-order valence-electron chi connectivity index (χ3n) is 2.32. The van der Waals surface area contributed by atoms with Crippen LogP contribution in [0.4, 0.5) is 4.39 Å². The average molecular weight is 249 g/mol. The van der Waals surface area contributed by atoms with E-state index < -0.39 is 5.82 Å². The van der Waals surface area contributed by atoms with E-state index in [1.54, 1.807) is 14.0 Å². The molecule has 0 bridgehead atoms. The smallest absolute Gasteiger partial charge is 0.272 e. The molecule has 0 aromatic carbocycles. The summed E-state index contributed by atoms with van der Waals surface area (Å²) in [4.78, 5) is 21.2. The molecule has 94 valence electrons. The summed E-state index contributed by atoms with van der Waals surface area (Å²) in [5, 5.41) is 6.63. The zero-order valence-corrected chi connectivity index (χ0v) is 10.0. The standard InChI is InChI=1S/C11H12FN5O/c1-7-14-10(16-15-7)6-17(2)11(18)9-4-3-8(12)5-13-9/h3-5H,6H2,1-2H3,(H,14,15,16). The van der Waals surface area contributed by atoms with E-state index in [0.717, 1.165) is 6.20 Å². The summed E-state index contributed by atoms with van der Waals surface area (Å²) in [6, 6.07) is 2.54. The molecule has 6 nitrogen and oxygen atoms in total. The van der Waals surface area contributed by atoms with Gasteiger partial charge in [0.15, 0.2) is 5.82 Å². The minimum atomic E-state index is -0.473. The van der Waals surface area contributed by atoms with E-state index in [-0.39, 0.29) is 18.1 Å². The van der Waals surface area contributed by atoms with Gasteiger partial charge in [0.2, 0.25) is 0 Å². The Balaban J connectivity index is 2.07. The Hall–Kier alpha value is -2.31. The zero-order valence-electron chi connectivity index (χ0n) is 10.0. The van der Waals surface area contributed by atoms with Gasteiger partial charge in [-0.2, -0.15) is 5.10 Å². The molecule has 0 saturated carbocycles. The van der Waals surface area contributed by atoms with Crippen molar-refractivity contribution in [3.8, 4) is 0 Å². The van der Waals surface area contributed by atoms with Crippen LogP contribution in [-0.2, 0) is 6.54 Å². The number of carbonyl (C=O) groups excluding carboxylic acids is 1. The fraction of sp³-hybridized carbons (Fsp3) is 0.273. The summed E-state index contributed by atoms with van der Waals surface area (Å²) in [5.41, 5.74) is 0.186. The van der Waals surface area contributed by atoms with Crippen molar-refractivity contribution in [2.45, 2.75) is 13.5 Å². The number of hydrogen-bond acceptors (Lipinski definition) is 4.